The SMILES string of the molecule is C=CCN1CCC2(CC1)CN(C(=O)C1CC=C(Br)S1)c1ccc(F)cc12. The van der Waals surface area contributed by atoms with Crippen molar-refractivity contribution in [1.82, 2.24) is 4.90 Å². The molecule has 3 aliphatic rings. The van der Waals surface area contributed by atoms with Gasteiger partial charge in [-0.3, -0.25) is 9.69 Å². The van der Waals surface area contributed by atoms with Gasteiger partial charge in [0.25, 0.3) is 0 Å². The maximum Gasteiger partial charge on any atom is 0.240 e. The molecule has 3 aliphatic heterocycles. The van der Waals surface area contributed by atoms with Crippen LogP contribution in [0.4, 0.5) is 10.1 Å². The highest BCUT2D eigenvalue weighted by atomic mass is 79.9. The maximum atomic E-state index is 14.0. The van der Waals surface area contributed by atoms with E-state index in [1.165, 1.54) is 6.07 Å². The Morgan fingerprint density at radius 2 is 2.19 bits per heavy atom. The summed E-state index contributed by atoms with van der Waals surface area (Å²) in [5.41, 5.74) is 1.79. The Balaban J connectivity index is 1.62. The van der Waals surface area contributed by atoms with Gasteiger partial charge in [-0.15, -0.1) is 18.3 Å². The van der Waals surface area contributed by atoms with Crippen LogP contribution in [-0.4, -0.2) is 42.2 Å². The van der Waals surface area contributed by atoms with Crippen LogP contribution in [0, 0.1) is 5.82 Å². The molecule has 3 nitrogen and oxygen atoms in total. The average Bonchev–Trinajstić information content (AvgIpc) is 3.19. The number of carbonyl (C=O) groups excluding carboxylic acids is 1. The van der Waals surface area contributed by atoms with Crippen molar-refractivity contribution < 1.29 is 9.18 Å². The summed E-state index contributed by atoms with van der Waals surface area (Å²) in [5.74, 6) is -0.0791. The molecule has 4 rings (SSSR count). The number of fused-ring (bicyclic) bond motifs is 2. The topological polar surface area (TPSA) is 23.6 Å². The van der Waals surface area contributed by atoms with Crippen molar-refractivity contribution in [2.45, 2.75) is 29.9 Å². The summed E-state index contributed by atoms with van der Waals surface area (Å²) in [6, 6.07) is 4.91. The first-order valence-corrected chi connectivity index (χ1v) is 10.7. The lowest BCUT2D eigenvalue weighted by Crippen LogP contribution is -2.47. The summed E-state index contributed by atoms with van der Waals surface area (Å²) in [6.45, 7) is 7.28. The monoisotopic (exact) mass is 436 g/mol. The van der Waals surface area contributed by atoms with Crippen LogP contribution in [-0.2, 0) is 10.2 Å². The Labute approximate surface area is 166 Å². The Morgan fingerprint density at radius 1 is 1.42 bits per heavy atom. The summed E-state index contributed by atoms with van der Waals surface area (Å²) < 4.78 is 15.1. The van der Waals surface area contributed by atoms with Gasteiger partial charge in [-0.1, -0.05) is 12.2 Å². The normalized spacial score (nSPS) is 24.6. The van der Waals surface area contributed by atoms with Gasteiger partial charge in [0.2, 0.25) is 5.91 Å². The van der Waals surface area contributed by atoms with Crippen molar-refractivity contribution in [2.75, 3.05) is 31.1 Å². The molecule has 138 valence electrons. The minimum absolute atomic E-state index is 0.0849. The Morgan fingerprint density at radius 3 is 2.85 bits per heavy atom. The van der Waals surface area contributed by atoms with E-state index < -0.39 is 0 Å². The lowest BCUT2D eigenvalue weighted by Gasteiger charge is -2.39. The third-order valence-electron chi connectivity index (χ3n) is 5.77. The molecule has 0 aromatic heterocycles. The largest absolute Gasteiger partial charge is 0.310 e. The van der Waals surface area contributed by atoms with Gasteiger partial charge in [0.15, 0.2) is 0 Å². The number of halogens is 2. The smallest absolute Gasteiger partial charge is 0.240 e. The van der Waals surface area contributed by atoms with Crippen molar-refractivity contribution in [3.05, 3.63) is 52.1 Å². The number of carbonyl (C=O) groups is 1. The number of hydrogen-bond donors (Lipinski definition) is 0. The van der Waals surface area contributed by atoms with E-state index in [2.05, 4.69) is 33.5 Å². The second-order valence-electron chi connectivity index (χ2n) is 7.31. The number of nitrogens with zero attached hydrogens (tertiary/aromatic N) is 2. The first kappa shape index (κ1) is 18.3. The predicted octanol–water partition coefficient (Wildman–Crippen LogP) is 4.43. The van der Waals surface area contributed by atoms with Crippen LogP contribution in [0.5, 0.6) is 0 Å². The molecule has 1 amide bonds. The molecule has 1 aromatic rings. The van der Waals surface area contributed by atoms with Crippen molar-refractivity contribution in [1.29, 1.82) is 0 Å². The summed E-state index contributed by atoms with van der Waals surface area (Å²) >= 11 is 5.05. The quantitative estimate of drug-likeness (QED) is 0.654. The van der Waals surface area contributed by atoms with Crippen LogP contribution in [0.3, 0.4) is 0 Å². The number of thioether (sulfide) groups is 1. The lowest BCUT2D eigenvalue weighted by molar-refractivity contribution is -0.118. The van der Waals surface area contributed by atoms with Gasteiger partial charge in [0.05, 0.1) is 5.25 Å². The van der Waals surface area contributed by atoms with Crippen molar-refractivity contribution >= 4 is 39.3 Å². The number of piperidine rings is 1. The Bertz CT molecular complexity index is 773. The molecule has 3 heterocycles. The summed E-state index contributed by atoms with van der Waals surface area (Å²) in [5, 5.41) is -0.0849. The molecule has 0 N–H and O–H groups in total. The lowest BCUT2D eigenvalue weighted by atomic mass is 9.74. The Kier molecular flexibility index (Phi) is 5.01. The summed E-state index contributed by atoms with van der Waals surface area (Å²) in [7, 11) is 0. The number of anilines is 1. The average molecular weight is 437 g/mol. The molecule has 0 saturated carbocycles. The van der Waals surface area contributed by atoms with Crippen molar-refractivity contribution in [2.24, 2.45) is 0 Å². The predicted molar refractivity (Wildman–Crippen MR) is 109 cm³/mol. The van der Waals surface area contributed by atoms with Crippen LogP contribution < -0.4 is 4.90 Å². The van der Waals surface area contributed by atoms with Crippen LogP contribution >= 0.6 is 27.7 Å². The third-order valence-corrected chi connectivity index (χ3v) is 7.73. The molecule has 1 unspecified atom stereocenters. The van der Waals surface area contributed by atoms with Crippen molar-refractivity contribution in [3.8, 4) is 0 Å². The molecule has 1 spiro atoms. The van der Waals surface area contributed by atoms with E-state index in [1.54, 1.807) is 23.9 Å². The second-order valence-corrected chi connectivity index (χ2v) is 9.93. The van der Waals surface area contributed by atoms with E-state index in [1.807, 2.05) is 11.0 Å². The van der Waals surface area contributed by atoms with Crippen LogP contribution in [0.2, 0.25) is 0 Å². The van der Waals surface area contributed by atoms with Gasteiger partial charge >= 0.3 is 0 Å². The molecule has 1 fully saturated rings. The number of allylic oxidation sites excluding steroid dienone is 1. The third kappa shape index (κ3) is 3.16. The molecule has 0 radical (unpaired) electrons. The van der Waals surface area contributed by atoms with E-state index in [-0.39, 0.29) is 22.4 Å². The van der Waals surface area contributed by atoms with Gasteiger partial charge in [-0.2, -0.15) is 0 Å². The highest BCUT2D eigenvalue weighted by molar-refractivity contribution is 9.14. The Hall–Kier alpha value is -1.11. The summed E-state index contributed by atoms with van der Waals surface area (Å²) in [4.78, 5) is 17.4. The van der Waals surface area contributed by atoms with Gasteiger partial charge in [0, 0.05) is 28.0 Å². The van der Waals surface area contributed by atoms with E-state index in [4.69, 9.17) is 0 Å². The molecule has 6 heteroatoms. The van der Waals surface area contributed by atoms with Gasteiger partial charge in [-0.05, 0) is 72.0 Å². The standard InChI is InChI=1S/C20H22BrFN2OS/c1-2-9-23-10-7-20(8-11-23)13-24(16-4-3-14(22)12-15(16)20)19(25)17-5-6-18(21)26-17/h2-4,6,12,17H,1,5,7-11,13H2. The molecule has 1 saturated heterocycles. The minimum Gasteiger partial charge on any atom is -0.310 e. The van der Waals surface area contributed by atoms with Gasteiger partial charge in [-0.25, -0.2) is 4.39 Å². The number of amides is 1. The van der Waals surface area contributed by atoms with E-state index in [9.17, 15) is 9.18 Å². The zero-order chi connectivity index (χ0) is 18.3. The van der Waals surface area contributed by atoms with E-state index in [0.717, 1.165) is 54.0 Å². The zero-order valence-corrected chi connectivity index (χ0v) is 17.0. The van der Waals surface area contributed by atoms with Gasteiger partial charge in [0.1, 0.15) is 5.82 Å². The van der Waals surface area contributed by atoms with Crippen LogP contribution in [0.1, 0.15) is 24.8 Å². The minimum atomic E-state index is -0.217. The van der Waals surface area contributed by atoms with Crippen LogP contribution in [0.15, 0.2) is 40.7 Å². The highest BCUT2D eigenvalue weighted by Crippen LogP contribution is 2.48. The maximum absolute atomic E-state index is 14.0. The second kappa shape index (κ2) is 7.13. The number of benzene rings is 1. The number of likely N-dealkylation sites (tertiary alicyclic amines) is 1. The number of rotatable bonds is 3. The summed E-state index contributed by atoms with van der Waals surface area (Å²) in [6.07, 6.45) is 6.62. The van der Waals surface area contributed by atoms with E-state index in [0.29, 0.717) is 6.54 Å². The highest BCUT2D eigenvalue weighted by Gasteiger charge is 2.47. The fraction of sp³-hybridized carbons (Fsp3) is 0.450. The fourth-order valence-electron chi connectivity index (χ4n) is 4.37. The molecule has 26 heavy (non-hydrogen) atoms. The first-order chi connectivity index (χ1) is 12.5. The zero-order valence-electron chi connectivity index (χ0n) is 14.6. The first-order valence-electron chi connectivity index (χ1n) is 8.99. The molecule has 0 bridgehead atoms. The van der Waals surface area contributed by atoms with Crippen molar-refractivity contribution in [3.63, 3.8) is 0 Å². The molecule has 0 aliphatic carbocycles. The van der Waals surface area contributed by atoms with E-state index >= 15 is 0 Å². The van der Waals surface area contributed by atoms with Crippen LogP contribution in [0.25, 0.3) is 0 Å². The fourth-order valence-corrected chi connectivity index (χ4v) is 6.12. The molecule has 1 atom stereocenters. The van der Waals surface area contributed by atoms with Gasteiger partial charge < -0.3 is 4.90 Å². The molecular formula is C20H22BrFN2OS. The number of hydrogen-bond acceptors (Lipinski definition) is 3. The molecular weight excluding hydrogens is 415 g/mol. The molecule has 1 aromatic carbocycles.